The Morgan fingerprint density at radius 3 is 2.22 bits per heavy atom. The van der Waals surface area contributed by atoms with Crippen molar-refractivity contribution < 1.29 is 18.0 Å². The van der Waals surface area contributed by atoms with E-state index in [0.717, 1.165) is 32.8 Å². The molecule has 0 aliphatic carbocycles. The molecule has 0 saturated heterocycles. The van der Waals surface area contributed by atoms with Crippen molar-refractivity contribution in [1.82, 2.24) is 10.2 Å². The number of anilines is 1. The van der Waals surface area contributed by atoms with Gasteiger partial charge in [-0.3, -0.25) is 13.9 Å². The summed E-state index contributed by atoms with van der Waals surface area (Å²) >= 11 is 6.19. The van der Waals surface area contributed by atoms with Crippen molar-refractivity contribution in [1.29, 1.82) is 0 Å². The Morgan fingerprint density at radius 1 is 0.946 bits per heavy atom. The quantitative estimate of drug-likeness (QED) is 0.418. The molecule has 0 bridgehead atoms. The van der Waals surface area contributed by atoms with Crippen LogP contribution in [0.2, 0.25) is 5.02 Å². The normalized spacial score (nSPS) is 12.0. The van der Waals surface area contributed by atoms with Gasteiger partial charge in [0.05, 0.1) is 11.9 Å². The number of hydrogen-bond acceptors (Lipinski definition) is 4. The number of carbonyl (C=O) groups is 2. The number of nitrogens with one attached hydrogen (secondary N) is 1. The molecule has 0 spiro atoms. The lowest BCUT2D eigenvalue weighted by Gasteiger charge is -2.33. The summed E-state index contributed by atoms with van der Waals surface area (Å²) in [5, 5.41) is 3.16. The summed E-state index contributed by atoms with van der Waals surface area (Å²) in [4.78, 5) is 28.5. The number of likely N-dealkylation sites (N-methyl/N-ethyl adjacent to an activating group) is 1. The predicted octanol–water partition coefficient (Wildman–Crippen LogP) is 4.11. The van der Waals surface area contributed by atoms with Gasteiger partial charge >= 0.3 is 0 Å². The second kappa shape index (κ2) is 12.3. The first-order chi connectivity index (χ1) is 17.5. The Morgan fingerprint density at radius 2 is 1.59 bits per heavy atom. The number of hydrogen-bond donors (Lipinski definition) is 1. The Hall–Kier alpha value is -3.36. The van der Waals surface area contributed by atoms with Crippen molar-refractivity contribution in [2.24, 2.45) is 0 Å². The largest absolute Gasteiger partial charge is 0.357 e. The maximum absolute atomic E-state index is 13.9. The van der Waals surface area contributed by atoms with Crippen LogP contribution in [0.1, 0.15) is 22.3 Å². The highest BCUT2D eigenvalue weighted by atomic mass is 35.5. The molecule has 0 aliphatic rings. The van der Waals surface area contributed by atoms with Gasteiger partial charge in [0.15, 0.2) is 0 Å². The zero-order valence-corrected chi connectivity index (χ0v) is 23.0. The molecule has 7 nitrogen and oxygen atoms in total. The van der Waals surface area contributed by atoms with Crippen LogP contribution in [0.25, 0.3) is 0 Å². The maximum Gasteiger partial charge on any atom is 0.244 e. The van der Waals surface area contributed by atoms with E-state index >= 15 is 0 Å². The molecule has 0 saturated carbocycles. The first-order valence-electron chi connectivity index (χ1n) is 11.8. The summed E-state index contributed by atoms with van der Waals surface area (Å²) in [6.07, 6.45) is 1.33. The van der Waals surface area contributed by atoms with Crippen molar-refractivity contribution in [2.45, 2.75) is 32.9 Å². The maximum atomic E-state index is 13.9. The summed E-state index contributed by atoms with van der Waals surface area (Å²) < 4.78 is 26.8. The van der Waals surface area contributed by atoms with Crippen LogP contribution >= 0.6 is 11.6 Å². The molecule has 196 valence electrons. The zero-order chi connectivity index (χ0) is 27.2. The molecule has 9 heteroatoms. The van der Waals surface area contributed by atoms with Crippen molar-refractivity contribution >= 4 is 39.1 Å². The topological polar surface area (TPSA) is 86.8 Å². The minimum atomic E-state index is -3.81. The number of halogens is 1. The van der Waals surface area contributed by atoms with E-state index in [9.17, 15) is 18.0 Å². The highest BCUT2D eigenvalue weighted by Crippen LogP contribution is 2.26. The molecule has 3 aromatic carbocycles. The van der Waals surface area contributed by atoms with Gasteiger partial charge in [0.25, 0.3) is 0 Å². The van der Waals surface area contributed by atoms with E-state index in [0.29, 0.717) is 10.7 Å². The molecule has 0 radical (unpaired) electrons. The fraction of sp³-hybridized carbons (Fsp3) is 0.286. The van der Waals surface area contributed by atoms with Crippen LogP contribution in [0.3, 0.4) is 0 Å². The van der Waals surface area contributed by atoms with Crippen molar-refractivity contribution in [3.63, 3.8) is 0 Å². The molecule has 0 unspecified atom stereocenters. The van der Waals surface area contributed by atoms with Crippen LogP contribution in [0.5, 0.6) is 0 Å². The zero-order valence-electron chi connectivity index (χ0n) is 21.4. The van der Waals surface area contributed by atoms with Gasteiger partial charge in [-0.2, -0.15) is 0 Å². The monoisotopic (exact) mass is 541 g/mol. The van der Waals surface area contributed by atoms with Gasteiger partial charge in [-0.05, 0) is 54.3 Å². The summed E-state index contributed by atoms with van der Waals surface area (Å²) in [5.41, 5.74) is 3.68. The third kappa shape index (κ3) is 7.33. The number of nitrogens with zero attached hydrogens (tertiary/aromatic N) is 2. The van der Waals surface area contributed by atoms with Gasteiger partial charge in [-0.25, -0.2) is 8.42 Å². The standard InChI is InChI=1S/C28H32ClN3O4S/c1-20-10-8-15-25(21(20)2)32(37(4,35)36)19-27(33)31(18-23-13-9-14-24(29)16-23)26(28(34)30-3)17-22-11-6-5-7-12-22/h5-16,26H,17-19H2,1-4H3,(H,30,34)/t26-/m1/s1. The number of sulfonamides is 1. The molecule has 37 heavy (non-hydrogen) atoms. The van der Waals surface area contributed by atoms with Crippen LogP contribution in [0.15, 0.2) is 72.8 Å². The Labute approximate surface area is 224 Å². The first kappa shape index (κ1) is 28.2. The van der Waals surface area contributed by atoms with Crippen LogP contribution in [-0.4, -0.2) is 51.0 Å². The third-order valence-electron chi connectivity index (χ3n) is 6.28. The molecule has 0 fully saturated rings. The number of carbonyl (C=O) groups excluding carboxylic acids is 2. The van der Waals surface area contributed by atoms with Crippen molar-refractivity contribution in [2.75, 3.05) is 24.2 Å². The average Bonchev–Trinajstić information content (AvgIpc) is 2.86. The molecule has 3 aromatic rings. The summed E-state index contributed by atoms with van der Waals surface area (Å²) in [6, 6.07) is 20.9. The molecule has 3 rings (SSSR count). The highest BCUT2D eigenvalue weighted by Gasteiger charge is 2.33. The molecular weight excluding hydrogens is 510 g/mol. The Balaban J connectivity index is 2.06. The van der Waals surface area contributed by atoms with Gasteiger partial charge < -0.3 is 10.2 Å². The minimum absolute atomic E-state index is 0.0781. The lowest BCUT2D eigenvalue weighted by molar-refractivity contribution is -0.139. The van der Waals surface area contributed by atoms with Crippen molar-refractivity contribution in [3.05, 3.63) is 100 Å². The lowest BCUT2D eigenvalue weighted by atomic mass is 10.0. The molecule has 2 amide bonds. The molecule has 0 aromatic heterocycles. The lowest BCUT2D eigenvalue weighted by Crippen LogP contribution is -2.53. The summed E-state index contributed by atoms with van der Waals surface area (Å²) in [6.45, 7) is 3.33. The van der Waals surface area contributed by atoms with Crippen LogP contribution < -0.4 is 9.62 Å². The first-order valence-corrected chi connectivity index (χ1v) is 14.1. The van der Waals surface area contributed by atoms with Crippen molar-refractivity contribution in [3.8, 4) is 0 Å². The average molecular weight is 542 g/mol. The number of rotatable bonds is 10. The van der Waals surface area contributed by atoms with Gasteiger partial charge in [0.1, 0.15) is 12.6 Å². The molecule has 0 heterocycles. The summed E-state index contributed by atoms with van der Waals surface area (Å²) in [5.74, 6) is -0.854. The summed E-state index contributed by atoms with van der Waals surface area (Å²) in [7, 11) is -2.30. The van der Waals surface area contributed by atoms with E-state index in [-0.39, 0.29) is 18.9 Å². The van der Waals surface area contributed by atoms with Gasteiger partial charge in [-0.1, -0.05) is 66.2 Å². The Kier molecular flexibility index (Phi) is 9.34. The van der Waals surface area contributed by atoms with E-state index in [4.69, 9.17) is 11.6 Å². The number of benzene rings is 3. The second-order valence-electron chi connectivity index (χ2n) is 8.96. The van der Waals surface area contributed by atoms with E-state index in [1.807, 2.05) is 56.3 Å². The van der Waals surface area contributed by atoms with Gasteiger partial charge in [0.2, 0.25) is 21.8 Å². The van der Waals surface area contributed by atoms with E-state index in [1.54, 1.807) is 30.3 Å². The third-order valence-corrected chi connectivity index (χ3v) is 7.64. The van der Waals surface area contributed by atoms with Crippen LogP contribution in [0.4, 0.5) is 5.69 Å². The minimum Gasteiger partial charge on any atom is -0.357 e. The molecular formula is C28H32ClN3O4S. The second-order valence-corrected chi connectivity index (χ2v) is 11.3. The van der Waals surface area contributed by atoms with Crippen LogP contribution in [-0.2, 0) is 32.6 Å². The van der Waals surface area contributed by atoms with E-state index in [1.165, 1.54) is 11.9 Å². The van der Waals surface area contributed by atoms with Crippen LogP contribution in [0, 0.1) is 13.8 Å². The van der Waals surface area contributed by atoms with Gasteiger partial charge in [0, 0.05) is 25.0 Å². The fourth-order valence-electron chi connectivity index (χ4n) is 4.15. The molecule has 1 atom stereocenters. The predicted molar refractivity (Wildman–Crippen MR) is 148 cm³/mol. The molecule has 1 N–H and O–H groups in total. The Bertz CT molecular complexity index is 1360. The molecule has 0 aliphatic heterocycles. The van der Waals surface area contributed by atoms with Gasteiger partial charge in [-0.15, -0.1) is 0 Å². The highest BCUT2D eigenvalue weighted by molar-refractivity contribution is 7.92. The van der Waals surface area contributed by atoms with E-state index < -0.39 is 28.5 Å². The number of aryl methyl sites for hydroxylation is 1. The SMILES string of the molecule is CNC(=O)[C@@H](Cc1ccccc1)N(Cc1cccc(Cl)c1)C(=O)CN(c1cccc(C)c1C)S(C)(=O)=O. The fourth-order valence-corrected chi connectivity index (χ4v) is 5.27. The van der Waals surface area contributed by atoms with E-state index in [2.05, 4.69) is 5.32 Å². The smallest absolute Gasteiger partial charge is 0.244 e. The number of amides is 2.